The van der Waals surface area contributed by atoms with E-state index in [0.717, 1.165) is 28.1 Å². The predicted octanol–water partition coefficient (Wildman–Crippen LogP) is 3.23. The van der Waals surface area contributed by atoms with Crippen LogP contribution in [-0.4, -0.2) is 10.1 Å². The molecule has 76 valence electrons. The maximum atomic E-state index is 9.73. The van der Waals surface area contributed by atoms with Crippen molar-refractivity contribution in [1.29, 1.82) is 0 Å². The molecule has 0 atom stereocenters. The van der Waals surface area contributed by atoms with E-state index in [4.69, 9.17) is 0 Å². The molecule has 0 aliphatic heterocycles. The average molecular weight is 191 g/mol. The van der Waals surface area contributed by atoms with Gasteiger partial charge in [0.25, 0.3) is 0 Å². The molecule has 0 aromatic carbocycles. The van der Waals surface area contributed by atoms with Crippen LogP contribution in [0, 0.1) is 27.7 Å². The van der Waals surface area contributed by atoms with Gasteiger partial charge in [0.15, 0.2) is 0 Å². The van der Waals surface area contributed by atoms with Gasteiger partial charge in [-0.1, -0.05) is 0 Å². The van der Waals surface area contributed by atoms with Crippen molar-refractivity contribution in [3.8, 4) is 0 Å². The van der Waals surface area contributed by atoms with Crippen LogP contribution in [0.1, 0.15) is 35.0 Å². The number of allylic oxidation sites excluding steroid dienone is 1. The third-order valence-electron chi connectivity index (χ3n) is 2.71. The molecular formula is C12H17NO. The number of aliphatic hydroxyl groups is 1. The number of hydrogen-bond acceptors (Lipinski definition) is 2. The van der Waals surface area contributed by atoms with Crippen molar-refractivity contribution < 1.29 is 5.11 Å². The van der Waals surface area contributed by atoms with Crippen molar-refractivity contribution in [2.45, 2.75) is 34.6 Å². The summed E-state index contributed by atoms with van der Waals surface area (Å²) in [6, 6.07) is 0. The summed E-state index contributed by atoms with van der Waals surface area (Å²) in [6.45, 7) is 9.79. The smallest absolute Gasteiger partial charge is 0.120 e. The molecule has 2 nitrogen and oxygen atoms in total. The van der Waals surface area contributed by atoms with Crippen molar-refractivity contribution in [2.75, 3.05) is 0 Å². The van der Waals surface area contributed by atoms with E-state index in [0.29, 0.717) is 5.76 Å². The molecule has 1 aromatic rings. The molecule has 1 rings (SSSR count). The Bertz CT molecular complexity index is 392. The first-order valence-electron chi connectivity index (χ1n) is 4.79. The molecule has 1 heterocycles. The minimum Gasteiger partial charge on any atom is -0.508 e. The fraction of sp³-hybridized carbons (Fsp3) is 0.417. The zero-order chi connectivity index (χ0) is 10.9. The van der Waals surface area contributed by atoms with Gasteiger partial charge in [-0.2, -0.15) is 0 Å². The van der Waals surface area contributed by atoms with Gasteiger partial charge in [0.2, 0.25) is 0 Å². The van der Waals surface area contributed by atoms with E-state index in [1.807, 2.05) is 34.6 Å². The molecule has 2 heteroatoms. The Morgan fingerprint density at radius 2 is 1.64 bits per heavy atom. The van der Waals surface area contributed by atoms with Gasteiger partial charge in [-0.05, 0) is 51.8 Å². The third kappa shape index (κ3) is 1.65. The SMILES string of the molecule is C/C=C(\O)c1c(C)nc(C)c(C)c1C. The highest BCUT2D eigenvalue weighted by Gasteiger charge is 2.11. The fourth-order valence-electron chi connectivity index (χ4n) is 1.64. The highest BCUT2D eigenvalue weighted by atomic mass is 16.3. The minimum atomic E-state index is 0.315. The van der Waals surface area contributed by atoms with Crippen LogP contribution >= 0.6 is 0 Å². The summed E-state index contributed by atoms with van der Waals surface area (Å²) in [6.07, 6.45) is 1.70. The van der Waals surface area contributed by atoms with Gasteiger partial charge in [-0.3, -0.25) is 4.98 Å². The maximum Gasteiger partial charge on any atom is 0.120 e. The van der Waals surface area contributed by atoms with Gasteiger partial charge in [0.05, 0.1) is 0 Å². The lowest BCUT2D eigenvalue weighted by Crippen LogP contribution is -2.01. The number of pyridine rings is 1. The summed E-state index contributed by atoms with van der Waals surface area (Å²) in [7, 11) is 0. The number of rotatable bonds is 1. The van der Waals surface area contributed by atoms with Crippen molar-refractivity contribution >= 4 is 5.76 Å². The van der Waals surface area contributed by atoms with E-state index in [1.54, 1.807) is 6.08 Å². The normalized spacial score (nSPS) is 11.9. The first-order chi connectivity index (χ1) is 6.49. The molecule has 1 aromatic heterocycles. The predicted molar refractivity (Wildman–Crippen MR) is 59.5 cm³/mol. The van der Waals surface area contributed by atoms with E-state index < -0.39 is 0 Å². The lowest BCUT2D eigenvalue weighted by Gasteiger charge is -2.12. The quantitative estimate of drug-likeness (QED) is 0.691. The average Bonchev–Trinajstić information content (AvgIpc) is 2.14. The molecule has 0 fully saturated rings. The van der Waals surface area contributed by atoms with Crippen LogP contribution in [0.25, 0.3) is 5.76 Å². The van der Waals surface area contributed by atoms with Crippen molar-refractivity contribution in [3.05, 3.63) is 34.2 Å². The zero-order valence-corrected chi connectivity index (χ0v) is 9.47. The maximum absolute atomic E-state index is 9.73. The molecule has 14 heavy (non-hydrogen) atoms. The van der Waals surface area contributed by atoms with Crippen molar-refractivity contribution in [2.24, 2.45) is 0 Å². The van der Waals surface area contributed by atoms with Crippen LogP contribution in [0.2, 0.25) is 0 Å². The number of nitrogens with zero attached hydrogens (tertiary/aromatic N) is 1. The third-order valence-corrected chi connectivity index (χ3v) is 2.71. The number of aromatic nitrogens is 1. The standard InChI is InChI=1S/C12H17NO/c1-6-11(14)12-8(3)7(2)9(4)13-10(12)5/h6,14H,1-5H3/b11-6-. The Labute approximate surface area is 85.3 Å². The molecule has 0 radical (unpaired) electrons. The number of hydrogen-bond donors (Lipinski definition) is 1. The first-order valence-corrected chi connectivity index (χ1v) is 4.79. The fourth-order valence-corrected chi connectivity index (χ4v) is 1.64. The Morgan fingerprint density at radius 1 is 1.07 bits per heavy atom. The van der Waals surface area contributed by atoms with Gasteiger partial charge < -0.3 is 5.11 Å². The van der Waals surface area contributed by atoms with Crippen LogP contribution in [0.4, 0.5) is 0 Å². The first kappa shape index (κ1) is 10.8. The summed E-state index contributed by atoms with van der Waals surface area (Å²) >= 11 is 0. The van der Waals surface area contributed by atoms with Crippen molar-refractivity contribution in [3.63, 3.8) is 0 Å². The van der Waals surface area contributed by atoms with E-state index in [9.17, 15) is 5.11 Å². The van der Waals surface area contributed by atoms with Gasteiger partial charge in [0, 0.05) is 17.0 Å². The van der Waals surface area contributed by atoms with Crippen LogP contribution in [-0.2, 0) is 0 Å². The van der Waals surface area contributed by atoms with E-state index in [-0.39, 0.29) is 0 Å². The van der Waals surface area contributed by atoms with Crippen LogP contribution in [0.3, 0.4) is 0 Å². The molecule has 0 unspecified atom stereocenters. The summed E-state index contributed by atoms with van der Waals surface area (Å²) in [5.41, 5.74) is 5.06. The molecule has 0 amide bonds. The highest BCUT2D eigenvalue weighted by Crippen LogP contribution is 2.23. The topological polar surface area (TPSA) is 33.1 Å². The molecule has 0 saturated heterocycles. The van der Waals surface area contributed by atoms with Crippen LogP contribution < -0.4 is 0 Å². The second-order valence-electron chi connectivity index (χ2n) is 3.58. The second kappa shape index (κ2) is 3.82. The number of aryl methyl sites for hydroxylation is 2. The Kier molecular flexibility index (Phi) is 2.94. The molecule has 1 N–H and O–H groups in total. The summed E-state index contributed by atoms with van der Waals surface area (Å²) in [5, 5.41) is 9.73. The summed E-state index contributed by atoms with van der Waals surface area (Å²) in [4.78, 5) is 4.40. The minimum absolute atomic E-state index is 0.315. The van der Waals surface area contributed by atoms with Crippen LogP contribution in [0.5, 0.6) is 0 Å². The van der Waals surface area contributed by atoms with E-state index >= 15 is 0 Å². The lowest BCUT2D eigenvalue weighted by molar-refractivity contribution is 0.509. The Balaban J connectivity index is 3.52. The van der Waals surface area contributed by atoms with Crippen LogP contribution in [0.15, 0.2) is 6.08 Å². The lowest BCUT2D eigenvalue weighted by atomic mass is 9.99. The Hall–Kier alpha value is -1.31. The summed E-state index contributed by atoms with van der Waals surface area (Å²) in [5.74, 6) is 0.315. The molecular weight excluding hydrogens is 174 g/mol. The highest BCUT2D eigenvalue weighted by molar-refractivity contribution is 5.64. The van der Waals surface area contributed by atoms with Crippen molar-refractivity contribution in [1.82, 2.24) is 4.98 Å². The molecule has 0 saturated carbocycles. The monoisotopic (exact) mass is 191 g/mol. The number of aliphatic hydroxyl groups excluding tert-OH is 1. The molecule has 0 bridgehead atoms. The van der Waals surface area contributed by atoms with Gasteiger partial charge >= 0.3 is 0 Å². The summed E-state index contributed by atoms with van der Waals surface area (Å²) < 4.78 is 0. The molecule has 0 aliphatic carbocycles. The van der Waals surface area contributed by atoms with E-state index in [1.165, 1.54) is 0 Å². The zero-order valence-electron chi connectivity index (χ0n) is 9.47. The Morgan fingerprint density at radius 3 is 2.14 bits per heavy atom. The molecule has 0 spiro atoms. The van der Waals surface area contributed by atoms with Gasteiger partial charge in [0.1, 0.15) is 5.76 Å². The molecule has 0 aliphatic rings. The largest absolute Gasteiger partial charge is 0.508 e. The van der Waals surface area contributed by atoms with E-state index in [2.05, 4.69) is 4.98 Å². The van der Waals surface area contributed by atoms with Gasteiger partial charge in [-0.25, -0.2) is 0 Å². The van der Waals surface area contributed by atoms with Gasteiger partial charge in [-0.15, -0.1) is 0 Å². The second-order valence-corrected chi connectivity index (χ2v) is 3.58.